The fourth-order valence-electron chi connectivity index (χ4n) is 2.14. The van der Waals surface area contributed by atoms with E-state index in [1.807, 2.05) is 6.07 Å². The number of hydrogen-bond acceptors (Lipinski definition) is 8. The number of nitrogens with zero attached hydrogens (tertiary/aromatic N) is 3. The molecule has 108 valence electrons. The lowest BCUT2D eigenvalue weighted by Crippen LogP contribution is -2.28. The zero-order chi connectivity index (χ0) is 14.2. The second-order valence-electron chi connectivity index (χ2n) is 4.52. The van der Waals surface area contributed by atoms with Crippen LogP contribution >= 0.6 is 0 Å². The van der Waals surface area contributed by atoms with Gasteiger partial charge in [0.2, 0.25) is 6.79 Å². The van der Waals surface area contributed by atoms with Crippen molar-refractivity contribution in [2.24, 2.45) is 10.7 Å². The van der Waals surface area contributed by atoms with E-state index in [-0.39, 0.29) is 12.8 Å². The number of H-pyrrole nitrogens is 1. The number of nitrogens with two attached hydrogens (primary N) is 1. The highest BCUT2D eigenvalue weighted by atomic mass is 16.7. The molecule has 0 fully saturated rings. The topological polar surface area (TPSA) is 120 Å². The number of aliphatic imine (C=N–C) groups is 1. The summed E-state index contributed by atoms with van der Waals surface area (Å²) in [6.45, 7) is 0.503. The molecule has 4 rings (SSSR count). The van der Waals surface area contributed by atoms with Gasteiger partial charge >= 0.3 is 0 Å². The normalized spacial score (nSPS) is 18.9. The molecule has 2 aliphatic rings. The van der Waals surface area contributed by atoms with Gasteiger partial charge in [-0.05, 0) is 6.07 Å². The van der Waals surface area contributed by atoms with Gasteiger partial charge in [0, 0.05) is 11.8 Å². The largest absolute Gasteiger partial charge is 0.452 e. The van der Waals surface area contributed by atoms with Gasteiger partial charge in [0.1, 0.15) is 5.69 Å². The first-order valence-electron chi connectivity index (χ1n) is 6.29. The Kier molecular flexibility index (Phi) is 2.64. The Labute approximate surface area is 119 Å². The highest BCUT2D eigenvalue weighted by molar-refractivity contribution is 5.93. The molecule has 0 saturated heterocycles. The third kappa shape index (κ3) is 2.13. The first kappa shape index (κ1) is 12.0. The van der Waals surface area contributed by atoms with E-state index in [1.54, 1.807) is 12.5 Å². The molecule has 0 amide bonds. The van der Waals surface area contributed by atoms with E-state index in [4.69, 9.17) is 19.9 Å². The smallest absolute Gasteiger partial charge is 0.260 e. The van der Waals surface area contributed by atoms with E-state index in [0.717, 1.165) is 11.3 Å². The lowest BCUT2D eigenvalue weighted by Gasteiger charge is -2.19. The van der Waals surface area contributed by atoms with E-state index in [0.29, 0.717) is 24.1 Å². The summed E-state index contributed by atoms with van der Waals surface area (Å²) in [6, 6.07) is 1.83. The van der Waals surface area contributed by atoms with Gasteiger partial charge in [0.05, 0.1) is 12.9 Å². The molecule has 1 unspecified atom stereocenters. The number of hydrogen-bond donors (Lipinski definition) is 3. The lowest BCUT2D eigenvalue weighted by atomic mass is 10.3. The maximum atomic E-state index is 5.77. The molecule has 9 heteroatoms. The quantitative estimate of drug-likeness (QED) is 0.751. The molecule has 0 aromatic carbocycles. The van der Waals surface area contributed by atoms with Crippen molar-refractivity contribution in [1.82, 2.24) is 15.0 Å². The Morgan fingerprint density at radius 1 is 1.38 bits per heavy atom. The Morgan fingerprint density at radius 3 is 3.29 bits per heavy atom. The molecule has 4 N–H and O–H groups in total. The van der Waals surface area contributed by atoms with Crippen molar-refractivity contribution in [3.63, 3.8) is 0 Å². The number of guanidine groups is 1. The average molecular weight is 288 g/mol. The maximum absolute atomic E-state index is 5.77. The highest BCUT2D eigenvalue weighted by Crippen LogP contribution is 2.31. The number of nitrogens with one attached hydrogen (secondary N) is 2. The average Bonchev–Trinajstić information content (AvgIpc) is 3.12. The number of ether oxygens (including phenoxy) is 3. The van der Waals surface area contributed by atoms with Crippen LogP contribution in [0.5, 0.6) is 11.6 Å². The third-order valence-electron chi connectivity index (χ3n) is 3.11. The molecular formula is C12H12N6O3. The Morgan fingerprint density at radius 2 is 2.33 bits per heavy atom. The van der Waals surface area contributed by atoms with Gasteiger partial charge in [0.25, 0.3) is 5.88 Å². The summed E-state index contributed by atoms with van der Waals surface area (Å²) in [4.78, 5) is 15.4. The van der Waals surface area contributed by atoms with Crippen molar-refractivity contribution in [2.75, 3.05) is 12.1 Å². The summed E-state index contributed by atoms with van der Waals surface area (Å²) < 4.78 is 16.2. The predicted molar refractivity (Wildman–Crippen MR) is 71.7 cm³/mol. The molecule has 2 aromatic rings. The summed E-state index contributed by atoms with van der Waals surface area (Å²) in [5, 5.41) is 2.86. The fraction of sp³-hybridized carbons (Fsp3) is 0.250. The molecule has 1 atom stereocenters. The number of anilines is 1. The van der Waals surface area contributed by atoms with Crippen LogP contribution in [0.3, 0.4) is 0 Å². The van der Waals surface area contributed by atoms with Gasteiger partial charge in [-0.25, -0.2) is 15.0 Å². The number of pyridine rings is 1. The van der Waals surface area contributed by atoms with E-state index >= 15 is 0 Å². The maximum Gasteiger partial charge on any atom is 0.260 e. The van der Waals surface area contributed by atoms with Gasteiger partial charge in [0.15, 0.2) is 23.8 Å². The zero-order valence-corrected chi connectivity index (χ0v) is 10.9. The van der Waals surface area contributed by atoms with E-state index in [2.05, 4.69) is 25.3 Å². The summed E-state index contributed by atoms with van der Waals surface area (Å²) >= 11 is 0. The predicted octanol–water partition coefficient (Wildman–Crippen LogP) is 0.489. The Hall–Kier alpha value is -2.81. The van der Waals surface area contributed by atoms with Crippen molar-refractivity contribution in [2.45, 2.75) is 12.8 Å². The van der Waals surface area contributed by atoms with Gasteiger partial charge in [-0.2, -0.15) is 0 Å². The van der Waals surface area contributed by atoms with Crippen LogP contribution < -0.4 is 20.5 Å². The van der Waals surface area contributed by atoms with Crippen LogP contribution in [-0.2, 0) is 11.3 Å². The van der Waals surface area contributed by atoms with E-state index in [9.17, 15) is 0 Å². The van der Waals surface area contributed by atoms with Crippen LogP contribution in [0.25, 0.3) is 0 Å². The lowest BCUT2D eigenvalue weighted by molar-refractivity contribution is 0.0428. The van der Waals surface area contributed by atoms with Crippen LogP contribution in [0.2, 0.25) is 0 Å². The van der Waals surface area contributed by atoms with E-state index < -0.39 is 6.23 Å². The SMILES string of the molecule is NC1=NC(OCc2cnc3c(c2)OCO3)c2[nH]cnc2N1. The molecule has 0 spiro atoms. The van der Waals surface area contributed by atoms with Crippen LogP contribution in [0.4, 0.5) is 5.82 Å². The third-order valence-corrected chi connectivity index (χ3v) is 3.11. The monoisotopic (exact) mass is 288 g/mol. The zero-order valence-electron chi connectivity index (χ0n) is 10.9. The van der Waals surface area contributed by atoms with Gasteiger partial charge < -0.3 is 30.2 Å². The molecule has 0 bridgehead atoms. The molecule has 9 nitrogen and oxygen atoms in total. The van der Waals surface area contributed by atoms with Gasteiger partial charge in [-0.3, -0.25) is 0 Å². The molecule has 2 aliphatic heterocycles. The molecule has 0 aliphatic carbocycles. The van der Waals surface area contributed by atoms with Crippen molar-refractivity contribution < 1.29 is 14.2 Å². The number of aromatic amines is 1. The summed E-state index contributed by atoms with van der Waals surface area (Å²) in [5.41, 5.74) is 7.29. The van der Waals surface area contributed by atoms with Crippen LogP contribution in [-0.4, -0.2) is 27.7 Å². The minimum absolute atomic E-state index is 0.194. The van der Waals surface area contributed by atoms with Gasteiger partial charge in [-0.1, -0.05) is 0 Å². The van der Waals surface area contributed by atoms with Crippen molar-refractivity contribution in [3.05, 3.63) is 29.8 Å². The highest BCUT2D eigenvalue weighted by Gasteiger charge is 2.23. The van der Waals surface area contributed by atoms with Gasteiger partial charge in [-0.15, -0.1) is 0 Å². The van der Waals surface area contributed by atoms with Crippen molar-refractivity contribution in [3.8, 4) is 11.6 Å². The molecule has 21 heavy (non-hydrogen) atoms. The Bertz CT molecular complexity index is 713. The summed E-state index contributed by atoms with van der Waals surface area (Å²) in [5.74, 6) is 2.00. The van der Waals surface area contributed by atoms with Crippen molar-refractivity contribution >= 4 is 11.8 Å². The number of imidazole rings is 1. The fourth-order valence-corrected chi connectivity index (χ4v) is 2.14. The minimum atomic E-state index is -0.533. The van der Waals surface area contributed by atoms with Crippen LogP contribution in [0.1, 0.15) is 17.5 Å². The standard InChI is InChI=1S/C12H12N6O3/c13-12-17-9-8(15-4-16-9)11(18-12)19-3-6-1-7-10(14-2-6)21-5-20-7/h1-2,4,11H,3,5H2,(H,15,16)(H3,13,17,18). The first-order valence-corrected chi connectivity index (χ1v) is 6.29. The minimum Gasteiger partial charge on any atom is -0.452 e. The first-order chi connectivity index (χ1) is 10.3. The number of rotatable bonds is 3. The van der Waals surface area contributed by atoms with Crippen LogP contribution in [0.15, 0.2) is 23.6 Å². The summed E-state index contributed by atoms with van der Waals surface area (Å²) in [6.07, 6.45) is 2.70. The second-order valence-corrected chi connectivity index (χ2v) is 4.52. The molecular weight excluding hydrogens is 276 g/mol. The summed E-state index contributed by atoms with van der Waals surface area (Å²) in [7, 11) is 0. The molecule has 2 aromatic heterocycles. The van der Waals surface area contributed by atoms with E-state index in [1.165, 1.54) is 0 Å². The van der Waals surface area contributed by atoms with Crippen molar-refractivity contribution in [1.29, 1.82) is 0 Å². The molecule has 0 radical (unpaired) electrons. The molecule has 4 heterocycles. The second kappa shape index (κ2) is 4.63. The number of fused-ring (bicyclic) bond motifs is 2. The molecule has 0 saturated carbocycles. The number of aromatic nitrogens is 3. The van der Waals surface area contributed by atoms with Crippen LogP contribution in [0, 0.1) is 0 Å². The Balaban J connectivity index is 1.50.